The summed E-state index contributed by atoms with van der Waals surface area (Å²) in [6, 6.07) is 7.82. The fraction of sp³-hybridized carbons (Fsp3) is 0.143. The summed E-state index contributed by atoms with van der Waals surface area (Å²) in [6.07, 6.45) is 5.47. The second-order valence-corrected chi connectivity index (χ2v) is 5.73. The number of aryl methyl sites for hydroxylation is 1. The highest BCUT2D eigenvalue weighted by Gasteiger charge is 2.19. The molecular weight excluding hydrogens is 292 g/mol. The monoisotopic (exact) mass is 304 g/mol. The fourth-order valence-electron chi connectivity index (χ4n) is 2.00. The first kappa shape index (κ1) is 13.1. The molecular formula is C14H13ClN4S. The zero-order valence-electron chi connectivity index (χ0n) is 10.8. The lowest BCUT2D eigenvalue weighted by molar-refractivity contribution is 0.756. The van der Waals surface area contributed by atoms with Gasteiger partial charge in [0.05, 0.1) is 11.9 Å². The van der Waals surface area contributed by atoms with Gasteiger partial charge in [0.15, 0.2) is 0 Å². The van der Waals surface area contributed by atoms with Crippen LogP contribution in [0.4, 0.5) is 5.69 Å². The van der Waals surface area contributed by atoms with E-state index in [1.807, 2.05) is 29.9 Å². The maximum absolute atomic E-state index is 5.82. The van der Waals surface area contributed by atoms with Crippen LogP contribution < -0.4 is 5.32 Å². The van der Waals surface area contributed by atoms with Crippen molar-refractivity contribution in [3.8, 4) is 0 Å². The summed E-state index contributed by atoms with van der Waals surface area (Å²) in [4.78, 5) is 9.75. The standard InChI is InChI=1S/C14H13ClN4S/c1-19-7-6-16-14(19)13(11-3-2-8-20-11)18-10-4-5-12(15)17-9-10/h2-9,13,18H,1H3. The van der Waals surface area contributed by atoms with Gasteiger partial charge in [-0.25, -0.2) is 9.97 Å². The molecule has 6 heteroatoms. The van der Waals surface area contributed by atoms with Crippen molar-refractivity contribution >= 4 is 28.6 Å². The van der Waals surface area contributed by atoms with Crippen molar-refractivity contribution in [3.63, 3.8) is 0 Å². The summed E-state index contributed by atoms with van der Waals surface area (Å²) in [6.45, 7) is 0. The van der Waals surface area contributed by atoms with Crippen LogP contribution in [0.3, 0.4) is 0 Å². The first-order valence-electron chi connectivity index (χ1n) is 6.13. The predicted molar refractivity (Wildman–Crippen MR) is 82.2 cm³/mol. The molecule has 3 heterocycles. The van der Waals surface area contributed by atoms with Gasteiger partial charge >= 0.3 is 0 Å². The fourth-order valence-corrected chi connectivity index (χ4v) is 2.89. The van der Waals surface area contributed by atoms with E-state index in [4.69, 9.17) is 11.6 Å². The van der Waals surface area contributed by atoms with Crippen molar-refractivity contribution < 1.29 is 0 Å². The first-order chi connectivity index (χ1) is 9.74. The zero-order chi connectivity index (χ0) is 13.9. The molecule has 0 bridgehead atoms. The number of aromatic nitrogens is 3. The number of rotatable bonds is 4. The third-order valence-corrected chi connectivity index (χ3v) is 4.14. The molecule has 0 saturated heterocycles. The number of imidazole rings is 1. The smallest absolute Gasteiger partial charge is 0.136 e. The molecule has 3 rings (SSSR count). The summed E-state index contributed by atoms with van der Waals surface area (Å²) >= 11 is 7.52. The van der Waals surface area contributed by atoms with E-state index in [1.165, 1.54) is 4.88 Å². The Morgan fingerprint density at radius 3 is 2.80 bits per heavy atom. The Bertz CT molecular complexity index is 676. The Labute approximate surface area is 126 Å². The minimum atomic E-state index is -0.00187. The quantitative estimate of drug-likeness (QED) is 0.747. The Kier molecular flexibility index (Phi) is 3.71. The molecule has 0 radical (unpaired) electrons. The normalized spacial score (nSPS) is 12.3. The Morgan fingerprint density at radius 2 is 2.20 bits per heavy atom. The second-order valence-electron chi connectivity index (χ2n) is 4.36. The number of pyridine rings is 1. The van der Waals surface area contributed by atoms with Gasteiger partial charge in [0.25, 0.3) is 0 Å². The third kappa shape index (κ3) is 2.69. The summed E-state index contributed by atoms with van der Waals surface area (Å²) in [5.74, 6) is 0.961. The molecule has 4 nitrogen and oxygen atoms in total. The van der Waals surface area contributed by atoms with E-state index in [0.29, 0.717) is 5.15 Å². The Morgan fingerprint density at radius 1 is 1.30 bits per heavy atom. The third-order valence-electron chi connectivity index (χ3n) is 2.98. The average molecular weight is 305 g/mol. The largest absolute Gasteiger partial charge is 0.370 e. The van der Waals surface area contributed by atoms with Gasteiger partial charge in [-0.1, -0.05) is 17.7 Å². The molecule has 0 fully saturated rings. The molecule has 1 atom stereocenters. The maximum Gasteiger partial charge on any atom is 0.136 e. The zero-order valence-corrected chi connectivity index (χ0v) is 12.4. The van der Waals surface area contributed by atoms with Crippen LogP contribution in [-0.2, 0) is 7.05 Å². The minimum Gasteiger partial charge on any atom is -0.370 e. The van der Waals surface area contributed by atoms with E-state index in [0.717, 1.165) is 11.5 Å². The summed E-state index contributed by atoms with van der Waals surface area (Å²) < 4.78 is 2.01. The Balaban J connectivity index is 1.94. The van der Waals surface area contributed by atoms with Gasteiger partial charge in [0.1, 0.15) is 17.0 Å². The van der Waals surface area contributed by atoms with Crippen molar-refractivity contribution in [2.24, 2.45) is 7.05 Å². The molecule has 1 N–H and O–H groups in total. The van der Waals surface area contributed by atoms with E-state index in [-0.39, 0.29) is 6.04 Å². The molecule has 0 aliphatic carbocycles. The highest BCUT2D eigenvalue weighted by atomic mass is 35.5. The van der Waals surface area contributed by atoms with Crippen molar-refractivity contribution in [3.05, 3.63) is 64.1 Å². The van der Waals surface area contributed by atoms with Crippen LogP contribution >= 0.6 is 22.9 Å². The van der Waals surface area contributed by atoms with E-state index in [9.17, 15) is 0 Å². The number of halogens is 1. The number of hydrogen-bond acceptors (Lipinski definition) is 4. The van der Waals surface area contributed by atoms with Gasteiger partial charge in [-0.05, 0) is 23.6 Å². The molecule has 3 aromatic rings. The molecule has 0 spiro atoms. The highest BCUT2D eigenvalue weighted by Crippen LogP contribution is 2.28. The van der Waals surface area contributed by atoms with Gasteiger partial charge in [-0.15, -0.1) is 11.3 Å². The number of thiophene rings is 1. The van der Waals surface area contributed by atoms with E-state index in [1.54, 1.807) is 29.8 Å². The molecule has 20 heavy (non-hydrogen) atoms. The molecule has 0 aromatic carbocycles. The van der Waals surface area contributed by atoms with Gasteiger partial charge < -0.3 is 9.88 Å². The lowest BCUT2D eigenvalue weighted by atomic mass is 10.2. The van der Waals surface area contributed by atoms with E-state index in [2.05, 4.69) is 26.7 Å². The van der Waals surface area contributed by atoms with Crippen molar-refractivity contribution in [2.45, 2.75) is 6.04 Å². The number of hydrogen-bond donors (Lipinski definition) is 1. The number of nitrogens with zero attached hydrogens (tertiary/aromatic N) is 3. The van der Waals surface area contributed by atoms with E-state index >= 15 is 0 Å². The Hall–Kier alpha value is -1.85. The van der Waals surface area contributed by atoms with Crippen LogP contribution in [0.5, 0.6) is 0 Å². The summed E-state index contributed by atoms with van der Waals surface area (Å²) in [5.41, 5.74) is 0.913. The minimum absolute atomic E-state index is 0.00187. The van der Waals surface area contributed by atoms with Crippen molar-refractivity contribution in [1.29, 1.82) is 0 Å². The molecule has 0 saturated carbocycles. The molecule has 3 aromatic heterocycles. The topological polar surface area (TPSA) is 42.7 Å². The molecule has 1 unspecified atom stereocenters. The predicted octanol–water partition coefficient (Wildman–Crippen LogP) is 3.73. The van der Waals surface area contributed by atoms with Gasteiger partial charge in [0, 0.05) is 24.3 Å². The van der Waals surface area contributed by atoms with Crippen LogP contribution in [0.15, 0.2) is 48.2 Å². The van der Waals surface area contributed by atoms with Gasteiger partial charge in [-0.3, -0.25) is 0 Å². The van der Waals surface area contributed by atoms with Gasteiger partial charge in [0.2, 0.25) is 0 Å². The maximum atomic E-state index is 5.82. The highest BCUT2D eigenvalue weighted by molar-refractivity contribution is 7.10. The van der Waals surface area contributed by atoms with Crippen LogP contribution in [0, 0.1) is 0 Å². The van der Waals surface area contributed by atoms with Crippen LogP contribution in [0.2, 0.25) is 5.15 Å². The molecule has 102 valence electrons. The molecule has 0 aliphatic heterocycles. The van der Waals surface area contributed by atoms with Crippen LogP contribution in [0.25, 0.3) is 0 Å². The van der Waals surface area contributed by atoms with Crippen molar-refractivity contribution in [1.82, 2.24) is 14.5 Å². The van der Waals surface area contributed by atoms with E-state index < -0.39 is 0 Å². The van der Waals surface area contributed by atoms with Gasteiger partial charge in [-0.2, -0.15) is 0 Å². The first-order valence-corrected chi connectivity index (χ1v) is 7.38. The average Bonchev–Trinajstić information content (AvgIpc) is 3.10. The van der Waals surface area contributed by atoms with Crippen LogP contribution in [0.1, 0.15) is 16.7 Å². The molecule has 0 aliphatic rings. The lowest BCUT2D eigenvalue weighted by Crippen LogP contribution is -2.15. The molecule has 0 amide bonds. The summed E-state index contributed by atoms with van der Waals surface area (Å²) in [5, 5.41) is 6.01. The summed E-state index contributed by atoms with van der Waals surface area (Å²) in [7, 11) is 1.99. The number of anilines is 1. The second kappa shape index (κ2) is 5.64. The SMILES string of the molecule is Cn1ccnc1C(Nc1ccc(Cl)nc1)c1cccs1. The van der Waals surface area contributed by atoms with Crippen molar-refractivity contribution in [2.75, 3.05) is 5.32 Å². The number of nitrogens with one attached hydrogen (secondary N) is 1. The van der Waals surface area contributed by atoms with Crippen LogP contribution in [-0.4, -0.2) is 14.5 Å². The lowest BCUT2D eigenvalue weighted by Gasteiger charge is -2.18.